The highest BCUT2D eigenvalue weighted by atomic mass is 16.4. The van der Waals surface area contributed by atoms with E-state index in [2.05, 4.69) is 0 Å². The van der Waals surface area contributed by atoms with E-state index < -0.39 is 12.0 Å². The number of aliphatic carboxylic acids is 1. The summed E-state index contributed by atoms with van der Waals surface area (Å²) < 4.78 is 0. The minimum absolute atomic E-state index is 0.0138. The van der Waals surface area contributed by atoms with Crippen LogP contribution in [-0.2, 0) is 9.59 Å². The average molecular weight is 188 g/mol. The highest BCUT2D eigenvalue weighted by molar-refractivity contribution is 5.78. The van der Waals surface area contributed by atoms with Crippen molar-refractivity contribution in [3.8, 4) is 0 Å². The molecule has 0 heterocycles. The van der Waals surface area contributed by atoms with Gasteiger partial charge in [0.05, 0.1) is 0 Å². The van der Waals surface area contributed by atoms with Gasteiger partial charge < -0.3 is 16.6 Å². The molecule has 0 aliphatic carbocycles. The Bertz CT molecular complexity index is 194. The van der Waals surface area contributed by atoms with Gasteiger partial charge in [-0.3, -0.25) is 9.59 Å². The minimum Gasteiger partial charge on any atom is -0.480 e. The van der Waals surface area contributed by atoms with Crippen molar-refractivity contribution in [3.63, 3.8) is 0 Å². The van der Waals surface area contributed by atoms with E-state index in [9.17, 15) is 9.59 Å². The third-order valence-corrected chi connectivity index (χ3v) is 2.00. The molecule has 0 aromatic rings. The van der Waals surface area contributed by atoms with E-state index in [1.165, 1.54) is 6.92 Å². The van der Waals surface area contributed by atoms with Crippen LogP contribution in [0.2, 0.25) is 0 Å². The maximum atomic E-state index is 10.9. The molecule has 0 aromatic heterocycles. The minimum atomic E-state index is -1.04. The Kier molecular flexibility index (Phi) is 5.25. The van der Waals surface area contributed by atoms with Gasteiger partial charge in [0.1, 0.15) is 11.8 Å². The number of carboxylic acid groups (broad SMARTS) is 1. The number of Topliss-reactive ketones (excluding diaryl/α,β-unsaturated/α-hetero) is 1. The number of nitrogens with two attached hydrogens (primary N) is 2. The van der Waals surface area contributed by atoms with E-state index in [1.807, 2.05) is 0 Å². The zero-order valence-corrected chi connectivity index (χ0v) is 7.69. The lowest BCUT2D eigenvalue weighted by Crippen LogP contribution is -2.32. The van der Waals surface area contributed by atoms with Crippen LogP contribution in [0.1, 0.15) is 19.8 Å². The maximum absolute atomic E-state index is 10.9. The van der Waals surface area contributed by atoms with Crippen LogP contribution in [0, 0.1) is 5.92 Å². The van der Waals surface area contributed by atoms with Crippen molar-refractivity contribution in [3.05, 3.63) is 0 Å². The Labute approximate surface area is 77.1 Å². The third kappa shape index (κ3) is 4.59. The molecule has 0 bridgehead atoms. The Morgan fingerprint density at radius 2 is 1.92 bits per heavy atom. The summed E-state index contributed by atoms with van der Waals surface area (Å²) in [6, 6.07) is -0.895. The fourth-order valence-corrected chi connectivity index (χ4v) is 0.991. The van der Waals surface area contributed by atoms with Crippen molar-refractivity contribution >= 4 is 11.8 Å². The number of hydrogen-bond acceptors (Lipinski definition) is 4. The Balaban J connectivity index is 3.85. The van der Waals surface area contributed by atoms with Crippen LogP contribution >= 0.6 is 0 Å². The van der Waals surface area contributed by atoms with E-state index in [0.717, 1.165) is 0 Å². The van der Waals surface area contributed by atoms with E-state index in [1.54, 1.807) is 0 Å². The van der Waals surface area contributed by atoms with E-state index in [-0.39, 0.29) is 24.7 Å². The van der Waals surface area contributed by atoms with Gasteiger partial charge in [-0.1, -0.05) is 0 Å². The summed E-state index contributed by atoms with van der Waals surface area (Å²) >= 11 is 0. The molecule has 0 rings (SSSR count). The SMILES string of the molecule is CC(=O)C(CN)CC[C@H](N)C(=O)O. The van der Waals surface area contributed by atoms with Crippen LogP contribution in [-0.4, -0.2) is 29.4 Å². The van der Waals surface area contributed by atoms with E-state index >= 15 is 0 Å². The van der Waals surface area contributed by atoms with Crippen molar-refractivity contribution in [2.24, 2.45) is 17.4 Å². The molecule has 0 aromatic carbocycles. The summed E-state index contributed by atoms with van der Waals surface area (Å²) in [5.74, 6) is -1.31. The first-order valence-corrected chi connectivity index (χ1v) is 4.18. The predicted octanol–water partition coefficient (Wildman–Crippen LogP) is -0.658. The summed E-state index contributed by atoms with van der Waals surface area (Å²) in [5.41, 5.74) is 10.6. The number of carbonyl (C=O) groups excluding carboxylic acids is 1. The lowest BCUT2D eigenvalue weighted by Gasteiger charge is -2.12. The standard InChI is InChI=1S/C8H16N2O3/c1-5(11)6(4-9)2-3-7(10)8(12)13/h6-7H,2-4,9-10H2,1H3,(H,12,13)/t6?,7-/m0/s1. The second kappa shape index (κ2) is 5.66. The predicted molar refractivity (Wildman–Crippen MR) is 48.1 cm³/mol. The largest absolute Gasteiger partial charge is 0.480 e. The number of carbonyl (C=O) groups is 2. The number of ketones is 1. The van der Waals surface area contributed by atoms with Crippen LogP contribution in [0.15, 0.2) is 0 Å². The molecule has 1 unspecified atom stereocenters. The third-order valence-electron chi connectivity index (χ3n) is 2.00. The zero-order chi connectivity index (χ0) is 10.4. The Morgan fingerprint density at radius 1 is 1.38 bits per heavy atom. The summed E-state index contributed by atoms with van der Waals surface area (Å²) in [6.07, 6.45) is 0.732. The van der Waals surface area contributed by atoms with Gasteiger partial charge in [0, 0.05) is 12.5 Å². The first-order chi connectivity index (χ1) is 5.99. The second-order valence-corrected chi connectivity index (χ2v) is 3.07. The molecule has 0 amide bonds. The number of rotatable bonds is 6. The zero-order valence-electron chi connectivity index (χ0n) is 7.69. The fourth-order valence-electron chi connectivity index (χ4n) is 0.991. The molecule has 0 radical (unpaired) electrons. The molecule has 0 saturated carbocycles. The highest BCUT2D eigenvalue weighted by Crippen LogP contribution is 2.07. The van der Waals surface area contributed by atoms with Gasteiger partial charge >= 0.3 is 5.97 Å². The van der Waals surface area contributed by atoms with Gasteiger partial charge in [-0.2, -0.15) is 0 Å². The molecule has 0 fully saturated rings. The molecule has 5 nitrogen and oxygen atoms in total. The van der Waals surface area contributed by atoms with Crippen molar-refractivity contribution in [2.45, 2.75) is 25.8 Å². The quantitative estimate of drug-likeness (QED) is 0.513. The van der Waals surface area contributed by atoms with Gasteiger partial charge in [-0.05, 0) is 19.8 Å². The molecule has 76 valence electrons. The molecule has 5 N–H and O–H groups in total. The summed E-state index contributed by atoms with van der Waals surface area (Å²) in [7, 11) is 0. The lowest BCUT2D eigenvalue weighted by molar-refractivity contribution is -0.139. The van der Waals surface area contributed by atoms with Crippen LogP contribution in [0.5, 0.6) is 0 Å². The molecule has 0 saturated heterocycles. The van der Waals surface area contributed by atoms with Crippen molar-refractivity contribution < 1.29 is 14.7 Å². The van der Waals surface area contributed by atoms with E-state index in [4.69, 9.17) is 16.6 Å². The van der Waals surface area contributed by atoms with Gasteiger partial charge in [0.15, 0.2) is 0 Å². The Hall–Kier alpha value is -0.940. The highest BCUT2D eigenvalue weighted by Gasteiger charge is 2.17. The molecule has 0 aliphatic rings. The molecular weight excluding hydrogens is 172 g/mol. The normalized spacial score (nSPS) is 15.0. The molecule has 0 aliphatic heterocycles. The second-order valence-electron chi connectivity index (χ2n) is 3.07. The molecule has 0 spiro atoms. The summed E-state index contributed by atoms with van der Waals surface area (Å²) in [4.78, 5) is 21.2. The van der Waals surface area contributed by atoms with Gasteiger partial charge in [-0.25, -0.2) is 0 Å². The number of carboxylic acids is 1. The van der Waals surface area contributed by atoms with Crippen LogP contribution in [0.3, 0.4) is 0 Å². The Morgan fingerprint density at radius 3 is 2.23 bits per heavy atom. The first kappa shape index (κ1) is 12.1. The molecular formula is C8H16N2O3. The van der Waals surface area contributed by atoms with Crippen molar-refractivity contribution in [1.82, 2.24) is 0 Å². The van der Waals surface area contributed by atoms with Gasteiger partial charge in [-0.15, -0.1) is 0 Å². The monoisotopic (exact) mass is 188 g/mol. The van der Waals surface area contributed by atoms with Crippen molar-refractivity contribution in [1.29, 1.82) is 0 Å². The molecule has 2 atom stereocenters. The van der Waals surface area contributed by atoms with Gasteiger partial charge in [0.25, 0.3) is 0 Å². The lowest BCUT2D eigenvalue weighted by atomic mass is 9.97. The average Bonchev–Trinajstić information content (AvgIpc) is 2.04. The van der Waals surface area contributed by atoms with Crippen LogP contribution < -0.4 is 11.5 Å². The maximum Gasteiger partial charge on any atom is 0.320 e. The van der Waals surface area contributed by atoms with E-state index in [0.29, 0.717) is 6.42 Å². The smallest absolute Gasteiger partial charge is 0.320 e. The van der Waals surface area contributed by atoms with Crippen LogP contribution in [0.4, 0.5) is 0 Å². The first-order valence-electron chi connectivity index (χ1n) is 4.18. The molecule has 5 heteroatoms. The van der Waals surface area contributed by atoms with Gasteiger partial charge in [0.2, 0.25) is 0 Å². The topological polar surface area (TPSA) is 106 Å². The van der Waals surface area contributed by atoms with Crippen molar-refractivity contribution in [2.75, 3.05) is 6.54 Å². The molecule has 13 heavy (non-hydrogen) atoms. The summed E-state index contributed by atoms with van der Waals surface area (Å²) in [6.45, 7) is 1.70. The fraction of sp³-hybridized carbons (Fsp3) is 0.750. The number of hydrogen-bond donors (Lipinski definition) is 3. The van der Waals surface area contributed by atoms with Crippen LogP contribution in [0.25, 0.3) is 0 Å². The summed E-state index contributed by atoms with van der Waals surface area (Å²) in [5, 5.41) is 8.47.